The van der Waals surface area contributed by atoms with Gasteiger partial charge in [0.25, 0.3) is 0 Å². The molecule has 0 saturated carbocycles. The molecular weight excluding hydrogens is 184 g/mol. The summed E-state index contributed by atoms with van der Waals surface area (Å²) in [7, 11) is 0. The van der Waals surface area contributed by atoms with E-state index in [0.29, 0.717) is 0 Å². The van der Waals surface area contributed by atoms with Gasteiger partial charge in [-0.1, -0.05) is 36.4 Å². The Hall–Kier alpha value is -0.790. The summed E-state index contributed by atoms with van der Waals surface area (Å²) in [4.78, 5) is 0. The van der Waals surface area contributed by atoms with E-state index in [0.717, 1.165) is 5.56 Å². The van der Waals surface area contributed by atoms with Crippen LogP contribution in [0.3, 0.4) is 0 Å². The molecule has 1 aromatic carbocycles. The van der Waals surface area contributed by atoms with Crippen molar-refractivity contribution >= 4 is 11.6 Å². The molecule has 1 aromatic rings. The molecule has 0 unspecified atom stereocenters. The van der Waals surface area contributed by atoms with Crippen LogP contribution < -0.4 is 0 Å². The molecule has 0 aliphatic rings. The highest BCUT2D eigenvalue weighted by atomic mass is 35.5. The maximum absolute atomic E-state index is 9.57. The van der Waals surface area contributed by atoms with E-state index in [4.69, 9.17) is 11.6 Å². The summed E-state index contributed by atoms with van der Waals surface area (Å²) in [6, 6.07) is 9.74. The molecule has 0 bridgehead atoms. The lowest BCUT2D eigenvalue weighted by molar-refractivity contribution is 0.182. The van der Waals surface area contributed by atoms with E-state index in [1.165, 1.54) is 0 Å². The highest BCUT2D eigenvalue weighted by molar-refractivity contribution is 6.18. The molecule has 0 aliphatic heterocycles. The fraction of sp³-hybridized carbons (Fsp3) is 0.273. The van der Waals surface area contributed by atoms with Gasteiger partial charge in [-0.15, -0.1) is 18.2 Å². The molecule has 0 amide bonds. The number of alkyl halides is 1. The third-order valence-electron chi connectivity index (χ3n) is 2.01. The van der Waals surface area contributed by atoms with Crippen molar-refractivity contribution in [1.82, 2.24) is 0 Å². The summed E-state index contributed by atoms with van der Waals surface area (Å²) in [6.45, 7) is 3.69. The van der Waals surface area contributed by atoms with E-state index in [1.54, 1.807) is 6.08 Å². The van der Waals surface area contributed by atoms with Gasteiger partial charge in [-0.2, -0.15) is 0 Å². The standard InChI is InChI=1S/C11H13ClO/c1-2-10(11(13)8-12)9-6-4-3-5-7-9/h2-7,10-11,13H,1,8H2/t10-,11-/m0/s1. The minimum absolute atomic E-state index is 0.0706. The quantitative estimate of drug-likeness (QED) is 0.580. The predicted octanol–water partition coefficient (Wildman–Crippen LogP) is 2.56. The van der Waals surface area contributed by atoms with Crippen LogP contribution in [0.1, 0.15) is 11.5 Å². The lowest BCUT2D eigenvalue weighted by Gasteiger charge is -2.17. The van der Waals surface area contributed by atoms with Crippen molar-refractivity contribution in [2.75, 3.05) is 5.88 Å². The Labute approximate surface area is 83.7 Å². The number of hydrogen-bond acceptors (Lipinski definition) is 1. The van der Waals surface area contributed by atoms with Crippen molar-refractivity contribution < 1.29 is 5.11 Å². The van der Waals surface area contributed by atoms with Gasteiger partial charge in [-0.05, 0) is 5.56 Å². The maximum Gasteiger partial charge on any atom is 0.0778 e. The summed E-state index contributed by atoms with van der Waals surface area (Å²) in [5.74, 6) is 0.157. The number of hydrogen-bond donors (Lipinski definition) is 1. The van der Waals surface area contributed by atoms with Crippen LogP contribution in [0.25, 0.3) is 0 Å². The van der Waals surface area contributed by atoms with E-state index in [9.17, 15) is 5.11 Å². The molecular formula is C11H13ClO. The molecule has 0 aliphatic carbocycles. The second kappa shape index (κ2) is 5.05. The van der Waals surface area contributed by atoms with Gasteiger partial charge in [-0.25, -0.2) is 0 Å². The van der Waals surface area contributed by atoms with Crippen LogP contribution in [-0.4, -0.2) is 17.1 Å². The molecule has 0 heterocycles. The van der Waals surface area contributed by atoms with Crippen molar-refractivity contribution in [3.63, 3.8) is 0 Å². The predicted molar refractivity (Wildman–Crippen MR) is 56.1 cm³/mol. The average molecular weight is 197 g/mol. The van der Waals surface area contributed by atoms with Crippen LogP contribution in [0.15, 0.2) is 43.0 Å². The first-order chi connectivity index (χ1) is 6.29. The van der Waals surface area contributed by atoms with Crippen LogP contribution >= 0.6 is 11.6 Å². The molecule has 13 heavy (non-hydrogen) atoms. The van der Waals surface area contributed by atoms with Gasteiger partial charge in [0.2, 0.25) is 0 Å². The number of aliphatic hydroxyl groups is 1. The molecule has 2 atom stereocenters. The Morgan fingerprint density at radius 1 is 1.38 bits per heavy atom. The summed E-state index contributed by atoms with van der Waals surface area (Å²) < 4.78 is 0. The second-order valence-corrected chi connectivity index (χ2v) is 3.20. The lowest BCUT2D eigenvalue weighted by atomic mass is 9.94. The molecule has 1 nitrogen and oxygen atoms in total. The minimum Gasteiger partial charge on any atom is -0.391 e. The van der Waals surface area contributed by atoms with Crippen molar-refractivity contribution in [2.24, 2.45) is 0 Å². The number of rotatable bonds is 4. The Kier molecular flexibility index (Phi) is 4.00. The highest BCUT2D eigenvalue weighted by Gasteiger charge is 2.15. The van der Waals surface area contributed by atoms with Gasteiger partial charge >= 0.3 is 0 Å². The average Bonchev–Trinajstić information content (AvgIpc) is 2.20. The van der Waals surface area contributed by atoms with Crippen LogP contribution in [-0.2, 0) is 0 Å². The molecule has 2 heteroatoms. The van der Waals surface area contributed by atoms with Gasteiger partial charge in [0.15, 0.2) is 0 Å². The minimum atomic E-state index is -0.554. The molecule has 0 spiro atoms. The Balaban J connectivity index is 2.84. The zero-order valence-corrected chi connectivity index (χ0v) is 8.11. The fourth-order valence-corrected chi connectivity index (χ4v) is 1.48. The Morgan fingerprint density at radius 2 is 2.00 bits per heavy atom. The fourth-order valence-electron chi connectivity index (χ4n) is 1.29. The van der Waals surface area contributed by atoms with E-state index < -0.39 is 6.10 Å². The maximum atomic E-state index is 9.57. The van der Waals surface area contributed by atoms with Crippen LogP contribution in [0.4, 0.5) is 0 Å². The van der Waals surface area contributed by atoms with Crippen LogP contribution in [0, 0.1) is 0 Å². The SMILES string of the molecule is C=C[C@@H](c1ccccc1)[C@@H](O)CCl. The third-order valence-corrected chi connectivity index (χ3v) is 2.33. The van der Waals surface area contributed by atoms with Gasteiger partial charge in [0.05, 0.1) is 6.10 Å². The first kappa shape index (κ1) is 10.3. The first-order valence-electron chi connectivity index (χ1n) is 4.21. The summed E-state index contributed by atoms with van der Waals surface area (Å²) >= 11 is 5.58. The smallest absolute Gasteiger partial charge is 0.0778 e. The van der Waals surface area contributed by atoms with Gasteiger partial charge in [0.1, 0.15) is 0 Å². The second-order valence-electron chi connectivity index (χ2n) is 2.89. The van der Waals surface area contributed by atoms with Gasteiger partial charge < -0.3 is 5.11 Å². The number of aliphatic hydroxyl groups excluding tert-OH is 1. The monoisotopic (exact) mass is 196 g/mol. The van der Waals surface area contributed by atoms with Crippen molar-refractivity contribution in [3.8, 4) is 0 Å². The van der Waals surface area contributed by atoms with Crippen molar-refractivity contribution in [3.05, 3.63) is 48.6 Å². The number of halogens is 1. The normalized spacial score (nSPS) is 14.9. The largest absolute Gasteiger partial charge is 0.391 e. The van der Waals surface area contributed by atoms with E-state index in [-0.39, 0.29) is 11.8 Å². The van der Waals surface area contributed by atoms with E-state index in [1.807, 2.05) is 30.3 Å². The van der Waals surface area contributed by atoms with Crippen molar-refractivity contribution in [2.45, 2.75) is 12.0 Å². The summed E-state index contributed by atoms with van der Waals surface area (Å²) in [5.41, 5.74) is 1.05. The third kappa shape index (κ3) is 2.58. The Bertz CT molecular complexity index is 258. The van der Waals surface area contributed by atoms with Gasteiger partial charge in [0, 0.05) is 11.8 Å². The van der Waals surface area contributed by atoms with E-state index >= 15 is 0 Å². The zero-order valence-electron chi connectivity index (χ0n) is 7.36. The van der Waals surface area contributed by atoms with Crippen LogP contribution in [0.5, 0.6) is 0 Å². The topological polar surface area (TPSA) is 20.2 Å². The zero-order chi connectivity index (χ0) is 9.68. The number of benzene rings is 1. The highest BCUT2D eigenvalue weighted by Crippen LogP contribution is 2.21. The molecule has 1 rings (SSSR count). The molecule has 1 N–H and O–H groups in total. The van der Waals surface area contributed by atoms with Gasteiger partial charge in [-0.3, -0.25) is 0 Å². The summed E-state index contributed by atoms with van der Waals surface area (Å²) in [5, 5.41) is 9.57. The first-order valence-corrected chi connectivity index (χ1v) is 4.74. The molecule has 70 valence electrons. The van der Waals surface area contributed by atoms with E-state index in [2.05, 4.69) is 6.58 Å². The van der Waals surface area contributed by atoms with Crippen LogP contribution in [0.2, 0.25) is 0 Å². The lowest BCUT2D eigenvalue weighted by Crippen LogP contribution is -2.18. The molecule has 0 saturated heterocycles. The molecule has 0 radical (unpaired) electrons. The summed E-state index contributed by atoms with van der Waals surface area (Å²) in [6.07, 6.45) is 1.17. The van der Waals surface area contributed by atoms with Crippen molar-refractivity contribution in [1.29, 1.82) is 0 Å². The Morgan fingerprint density at radius 3 is 2.46 bits per heavy atom. The molecule has 0 fully saturated rings. The molecule has 0 aromatic heterocycles.